The van der Waals surface area contributed by atoms with Crippen molar-refractivity contribution in [2.24, 2.45) is 0 Å². The van der Waals surface area contributed by atoms with E-state index >= 15 is 0 Å². The molecule has 0 atom stereocenters. The summed E-state index contributed by atoms with van der Waals surface area (Å²) < 4.78 is 0. The van der Waals surface area contributed by atoms with Gasteiger partial charge < -0.3 is 0 Å². The summed E-state index contributed by atoms with van der Waals surface area (Å²) in [4.78, 5) is 0. The number of alkyl halides is 1. The fourth-order valence-corrected chi connectivity index (χ4v) is 2.32. The minimum absolute atomic E-state index is 0.590. The summed E-state index contributed by atoms with van der Waals surface area (Å²) in [6, 6.07) is 10.6. The fraction of sp³-hybridized carbons (Fsp3) is 0.231. The van der Waals surface area contributed by atoms with Crippen molar-refractivity contribution in [1.82, 2.24) is 0 Å². The molecule has 0 unspecified atom stereocenters. The molecule has 0 nitrogen and oxygen atoms in total. The predicted octanol–water partition coefficient (Wildman–Crippen LogP) is 4.20. The average Bonchev–Trinajstić information content (AvgIpc) is 2.18. The second-order valence-corrected chi connectivity index (χ2v) is 3.94. The molecule has 0 saturated carbocycles. The van der Waals surface area contributed by atoms with E-state index in [1.807, 2.05) is 0 Å². The van der Waals surface area contributed by atoms with E-state index < -0.39 is 0 Å². The molecule has 0 heterocycles. The first kappa shape index (κ1) is 9.54. The predicted molar refractivity (Wildman–Crippen MR) is 63.0 cm³/mol. The van der Waals surface area contributed by atoms with Crippen molar-refractivity contribution in [3.8, 4) is 0 Å². The Bertz CT molecular complexity index is 472. The molecular weight excluding hydrogens is 192 g/mol. The minimum Gasteiger partial charge on any atom is -0.122 e. The lowest BCUT2D eigenvalue weighted by molar-refractivity contribution is 1.31. The molecule has 0 bridgehead atoms. The molecule has 14 heavy (non-hydrogen) atoms. The van der Waals surface area contributed by atoms with E-state index in [0.29, 0.717) is 5.88 Å². The molecule has 0 radical (unpaired) electrons. The smallest absolute Gasteiger partial charge is 0.0482 e. The fourth-order valence-electron chi connectivity index (χ4n) is 1.97. The summed E-state index contributed by atoms with van der Waals surface area (Å²) in [6.07, 6.45) is 0. The van der Waals surface area contributed by atoms with Crippen molar-refractivity contribution in [2.45, 2.75) is 19.7 Å². The molecule has 2 aromatic carbocycles. The SMILES string of the molecule is Cc1cc(C)c2ccccc2c1CCl. The van der Waals surface area contributed by atoms with Gasteiger partial charge in [-0.25, -0.2) is 0 Å². The molecule has 0 aliphatic carbocycles. The molecular formula is C13H13Cl. The lowest BCUT2D eigenvalue weighted by Crippen LogP contribution is -1.90. The third-order valence-corrected chi connectivity index (χ3v) is 2.99. The van der Waals surface area contributed by atoms with Gasteiger partial charge in [0.05, 0.1) is 0 Å². The lowest BCUT2D eigenvalue weighted by Gasteiger charge is -2.10. The number of halogens is 1. The van der Waals surface area contributed by atoms with Gasteiger partial charge in [-0.1, -0.05) is 30.3 Å². The van der Waals surface area contributed by atoms with Crippen LogP contribution in [0.4, 0.5) is 0 Å². The maximum Gasteiger partial charge on any atom is 0.0482 e. The van der Waals surface area contributed by atoms with Crippen LogP contribution in [-0.2, 0) is 5.88 Å². The molecule has 72 valence electrons. The maximum absolute atomic E-state index is 5.96. The molecule has 2 rings (SSSR count). The van der Waals surface area contributed by atoms with Crippen molar-refractivity contribution in [2.75, 3.05) is 0 Å². The number of benzene rings is 2. The highest BCUT2D eigenvalue weighted by Crippen LogP contribution is 2.26. The van der Waals surface area contributed by atoms with E-state index in [4.69, 9.17) is 11.6 Å². The Morgan fingerprint density at radius 1 is 1.00 bits per heavy atom. The first-order chi connectivity index (χ1) is 6.74. The van der Waals surface area contributed by atoms with Crippen molar-refractivity contribution in [3.05, 3.63) is 47.0 Å². The van der Waals surface area contributed by atoms with E-state index in [0.717, 1.165) is 0 Å². The number of hydrogen-bond donors (Lipinski definition) is 0. The van der Waals surface area contributed by atoms with Crippen LogP contribution in [0.2, 0.25) is 0 Å². The van der Waals surface area contributed by atoms with E-state index in [9.17, 15) is 0 Å². The molecule has 0 fully saturated rings. The first-order valence-corrected chi connectivity index (χ1v) is 5.31. The van der Waals surface area contributed by atoms with Crippen molar-refractivity contribution in [1.29, 1.82) is 0 Å². The van der Waals surface area contributed by atoms with Crippen molar-refractivity contribution >= 4 is 22.4 Å². The largest absolute Gasteiger partial charge is 0.122 e. The van der Waals surface area contributed by atoms with Crippen LogP contribution in [0.1, 0.15) is 16.7 Å². The van der Waals surface area contributed by atoms with Crippen LogP contribution in [0, 0.1) is 13.8 Å². The summed E-state index contributed by atoms with van der Waals surface area (Å²) in [5.74, 6) is 0.590. The van der Waals surface area contributed by atoms with Crippen LogP contribution in [0.5, 0.6) is 0 Å². The van der Waals surface area contributed by atoms with E-state index in [-0.39, 0.29) is 0 Å². The highest BCUT2D eigenvalue weighted by molar-refractivity contribution is 6.18. The van der Waals surface area contributed by atoms with Gasteiger partial charge in [0, 0.05) is 5.88 Å². The standard InChI is InChI=1S/C13H13Cl/c1-9-7-10(2)13(8-14)12-6-4-3-5-11(9)12/h3-7H,8H2,1-2H3. The van der Waals surface area contributed by atoms with Crippen LogP contribution < -0.4 is 0 Å². The van der Waals surface area contributed by atoms with Gasteiger partial charge >= 0.3 is 0 Å². The average molecular weight is 205 g/mol. The van der Waals surface area contributed by atoms with Gasteiger partial charge in [-0.05, 0) is 41.3 Å². The van der Waals surface area contributed by atoms with Crippen LogP contribution in [-0.4, -0.2) is 0 Å². The molecule has 0 aliphatic heterocycles. The van der Waals surface area contributed by atoms with E-state index in [1.165, 1.54) is 27.5 Å². The Morgan fingerprint density at radius 3 is 2.29 bits per heavy atom. The van der Waals surface area contributed by atoms with Gasteiger partial charge in [-0.15, -0.1) is 11.6 Å². The molecule has 2 aromatic rings. The van der Waals surface area contributed by atoms with Gasteiger partial charge in [0.25, 0.3) is 0 Å². The highest BCUT2D eigenvalue weighted by Gasteiger charge is 2.05. The second kappa shape index (κ2) is 3.62. The first-order valence-electron chi connectivity index (χ1n) is 4.78. The van der Waals surface area contributed by atoms with Gasteiger partial charge in [0.15, 0.2) is 0 Å². The number of hydrogen-bond acceptors (Lipinski definition) is 0. The Balaban J connectivity index is 2.90. The Labute approximate surface area is 89.5 Å². The van der Waals surface area contributed by atoms with Gasteiger partial charge in [0.2, 0.25) is 0 Å². The number of aryl methyl sites for hydroxylation is 2. The third kappa shape index (κ3) is 1.40. The summed E-state index contributed by atoms with van der Waals surface area (Å²) in [5, 5.41) is 2.61. The van der Waals surface area contributed by atoms with Gasteiger partial charge in [0.1, 0.15) is 0 Å². The van der Waals surface area contributed by atoms with Crippen LogP contribution in [0.15, 0.2) is 30.3 Å². The minimum atomic E-state index is 0.590. The van der Waals surface area contributed by atoms with E-state index in [2.05, 4.69) is 44.2 Å². The zero-order chi connectivity index (χ0) is 10.1. The van der Waals surface area contributed by atoms with Gasteiger partial charge in [-0.2, -0.15) is 0 Å². The molecule has 0 aromatic heterocycles. The zero-order valence-corrected chi connectivity index (χ0v) is 9.23. The monoisotopic (exact) mass is 204 g/mol. The normalized spacial score (nSPS) is 10.8. The third-order valence-electron chi connectivity index (χ3n) is 2.72. The van der Waals surface area contributed by atoms with Crippen LogP contribution >= 0.6 is 11.6 Å². The van der Waals surface area contributed by atoms with Crippen LogP contribution in [0.3, 0.4) is 0 Å². The number of fused-ring (bicyclic) bond motifs is 1. The van der Waals surface area contributed by atoms with Crippen molar-refractivity contribution in [3.63, 3.8) is 0 Å². The highest BCUT2D eigenvalue weighted by atomic mass is 35.5. The Hall–Kier alpha value is -1.01. The molecule has 0 saturated heterocycles. The second-order valence-electron chi connectivity index (χ2n) is 3.67. The molecule has 0 spiro atoms. The lowest BCUT2D eigenvalue weighted by atomic mass is 9.97. The quantitative estimate of drug-likeness (QED) is 0.611. The topological polar surface area (TPSA) is 0 Å². The number of rotatable bonds is 1. The Kier molecular flexibility index (Phi) is 2.47. The molecule has 0 N–H and O–H groups in total. The maximum atomic E-state index is 5.96. The zero-order valence-electron chi connectivity index (χ0n) is 8.47. The Morgan fingerprint density at radius 2 is 1.64 bits per heavy atom. The molecule has 0 amide bonds. The van der Waals surface area contributed by atoms with E-state index in [1.54, 1.807) is 0 Å². The summed E-state index contributed by atoms with van der Waals surface area (Å²) in [7, 11) is 0. The van der Waals surface area contributed by atoms with Gasteiger partial charge in [-0.3, -0.25) is 0 Å². The molecule has 0 aliphatic rings. The summed E-state index contributed by atoms with van der Waals surface area (Å²) in [6.45, 7) is 4.27. The van der Waals surface area contributed by atoms with Crippen LogP contribution in [0.25, 0.3) is 10.8 Å². The molecule has 1 heteroatoms. The summed E-state index contributed by atoms with van der Waals surface area (Å²) >= 11 is 5.96. The van der Waals surface area contributed by atoms with Crippen molar-refractivity contribution < 1.29 is 0 Å². The summed E-state index contributed by atoms with van der Waals surface area (Å²) in [5.41, 5.74) is 3.87.